The van der Waals surface area contributed by atoms with Crippen LogP contribution >= 0.6 is 0 Å². The van der Waals surface area contributed by atoms with Crippen LogP contribution in [0.1, 0.15) is 29.5 Å². The van der Waals surface area contributed by atoms with Crippen molar-refractivity contribution in [1.29, 1.82) is 0 Å². The number of ether oxygens (including phenoxy) is 1. The molecule has 0 aromatic heterocycles. The Hall–Kier alpha value is -0.950. The molecule has 3 N–H and O–H groups in total. The number of hydrogen-bond donors (Lipinski definition) is 2. The minimum Gasteiger partial charge on any atom is -0.381 e. The number of aryl methyl sites for hydroxylation is 2. The first kappa shape index (κ1) is 15.4. The molecule has 0 atom stereocenters. The van der Waals surface area contributed by atoms with Gasteiger partial charge in [-0.1, -0.05) is 6.07 Å². The third-order valence-electron chi connectivity index (χ3n) is 3.89. The zero-order valence-electron chi connectivity index (χ0n) is 12.1. The fraction of sp³-hybridized carbons (Fsp3) is 0.571. The monoisotopic (exact) mass is 298 g/mol. The van der Waals surface area contributed by atoms with Gasteiger partial charge >= 0.3 is 0 Å². The molecule has 0 radical (unpaired) electrons. The van der Waals surface area contributed by atoms with Gasteiger partial charge in [0.05, 0.1) is 11.0 Å². The summed E-state index contributed by atoms with van der Waals surface area (Å²) < 4.78 is 32.8. The van der Waals surface area contributed by atoms with Crippen molar-refractivity contribution in [2.75, 3.05) is 7.11 Å². The van der Waals surface area contributed by atoms with Gasteiger partial charge in [-0.25, -0.2) is 13.1 Å². The molecule has 1 aromatic carbocycles. The molecular formula is C14H22N2O3S. The van der Waals surface area contributed by atoms with Crippen molar-refractivity contribution in [1.82, 2.24) is 4.72 Å². The lowest BCUT2D eigenvalue weighted by molar-refractivity contribution is 0.0236. The first-order valence-corrected chi connectivity index (χ1v) is 8.21. The SMILES string of the molecule is COC1CC(NS(=O)(=O)c2cc(CN)c(C)cc2C)C1. The molecule has 1 saturated carbocycles. The first-order valence-electron chi connectivity index (χ1n) is 6.72. The first-order chi connectivity index (χ1) is 9.37. The van der Waals surface area contributed by atoms with Crippen LogP contribution in [0.3, 0.4) is 0 Å². The summed E-state index contributed by atoms with van der Waals surface area (Å²) in [7, 11) is -1.85. The molecule has 2 rings (SSSR count). The fourth-order valence-electron chi connectivity index (χ4n) is 2.52. The predicted octanol–water partition coefficient (Wildman–Crippen LogP) is 1.22. The molecule has 0 spiro atoms. The van der Waals surface area contributed by atoms with Gasteiger partial charge in [-0.2, -0.15) is 0 Å². The van der Waals surface area contributed by atoms with E-state index in [1.165, 1.54) is 0 Å². The van der Waals surface area contributed by atoms with Crippen LogP contribution in [0.5, 0.6) is 0 Å². The molecule has 0 amide bonds. The second kappa shape index (κ2) is 5.81. The third kappa shape index (κ3) is 3.03. The molecular weight excluding hydrogens is 276 g/mol. The quantitative estimate of drug-likeness (QED) is 0.856. The summed E-state index contributed by atoms with van der Waals surface area (Å²) in [6.45, 7) is 4.08. The smallest absolute Gasteiger partial charge is 0.241 e. The summed E-state index contributed by atoms with van der Waals surface area (Å²) in [6, 6.07) is 3.52. The summed E-state index contributed by atoms with van der Waals surface area (Å²) in [5.74, 6) is 0. The second-order valence-electron chi connectivity index (χ2n) is 5.40. The van der Waals surface area contributed by atoms with E-state index in [1.54, 1.807) is 20.1 Å². The molecule has 20 heavy (non-hydrogen) atoms. The van der Waals surface area contributed by atoms with Gasteiger partial charge in [0.2, 0.25) is 10.0 Å². The Bertz CT molecular complexity index is 593. The van der Waals surface area contributed by atoms with E-state index in [0.29, 0.717) is 11.4 Å². The van der Waals surface area contributed by atoms with E-state index in [2.05, 4.69) is 4.72 Å². The van der Waals surface area contributed by atoms with Crippen molar-refractivity contribution in [3.8, 4) is 0 Å². The maximum atomic E-state index is 12.4. The fourth-order valence-corrected chi connectivity index (χ4v) is 4.06. The molecule has 1 aliphatic rings. The van der Waals surface area contributed by atoms with Crippen LogP contribution < -0.4 is 10.5 Å². The summed E-state index contributed by atoms with van der Waals surface area (Å²) in [5.41, 5.74) is 8.28. The van der Waals surface area contributed by atoms with E-state index >= 15 is 0 Å². The Labute approximate surface area is 120 Å². The molecule has 5 nitrogen and oxygen atoms in total. The summed E-state index contributed by atoms with van der Waals surface area (Å²) in [4.78, 5) is 0.324. The van der Waals surface area contributed by atoms with Gasteiger partial charge in [-0.15, -0.1) is 0 Å². The van der Waals surface area contributed by atoms with Crippen LogP contribution in [0, 0.1) is 13.8 Å². The zero-order chi connectivity index (χ0) is 14.9. The molecule has 0 saturated heterocycles. The molecule has 0 bridgehead atoms. The van der Waals surface area contributed by atoms with Crippen molar-refractivity contribution >= 4 is 10.0 Å². The van der Waals surface area contributed by atoms with Gasteiger partial charge in [0.25, 0.3) is 0 Å². The topological polar surface area (TPSA) is 81.4 Å². The van der Waals surface area contributed by atoms with Crippen molar-refractivity contribution in [2.24, 2.45) is 5.73 Å². The van der Waals surface area contributed by atoms with E-state index in [0.717, 1.165) is 29.5 Å². The minimum absolute atomic E-state index is 0.0352. The zero-order valence-corrected chi connectivity index (χ0v) is 13.0. The Morgan fingerprint density at radius 3 is 2.50 bits per heavy atom. The minimum atomic E-state index is -3.49. The van der Waals surface area contributed by atoms with Crippen molar-refractivity contribution in [3.63, 3.8) is 0 Å². The number of methoxy groups -OCH3 is 1. The lowest BCUT2D eigenvalue weighted by Gasteiger charge is -2.34. The normalized spacial score (nSPS) is 22.6. The summed E-state index contributed by atoms with van der Waals surface area (Å²) in [6.07, 6.45) is 1.62. The Morgan fingerprint density at radius 1 is 1.30 bits per heavy atom. The van der Waals surface area contributed by atoms with Gasteiger partial charge < -0.3 is 10.5 Å². The predicted molar refractivity (Wildman–Crippen MR) is 77.9 cm³/mol. The molecule has 1 aromatic rings. The van der Waals surface area contributed by atoms with Crippen LogP contribution in [0.25, 0.3) is 0 Å². The molecule has 0 aliphatic heterocycles. The standard InChI is InChI=1S/C14H22N2O3S/c1-9-4-10(2)14(5-11(9)8-15)20(17,18)16-12-6-13(7-12)19-3/h4-5,12-13,16H,6-8,15H2,1-3H3. The van der Waals surface area contributed by atoms with Gasteiger partial charge in [-0.05, 0) is 49.4 Å². The van der Waals surface area contributed by atoms with Gasteiger partial charge in [0, 0.05) is 19.7 Å². The number of hydrogen-bond acceptors (Lipinski definition) is 4. The molecule has 1 fully saturated rings. The largest absolute Gasteiger partial charge is 0.381 e. The van der Waals surface area contributed by atoms with E-state index in [9.17, 15) is 8.42 Å². The molecule has 0 heterocycles. The molecule has 0 unspecified atom stereocenters. The van der Waals surface area contributed by atoms with Crippen molar-refractivity contribution in [3.05, 3.63) is 28.8 Å². The van der Waals surface area contributed by atoms with Crippen LogP contribution in [-0.4, -0.2) is 27.7 Å². The van der Waals surface area contributed by atoms with Crippen molar-refractivity contribution in [2.45, 2.75) is 50.3 Å². The van der Waals surface area contributed by atoms with E-state index in [4.69, 9.17) is 10.5 Å². The van der Waals surface area contributed by atoms with Crippen LogP contribution in [0.15, 0.2) is 17.0 Å². The molecule has 112 valence electrons. The van der Waals surface area contributed by atoms with Crippen LogP contribution in [0.4, 0.5) is 0 Å². The average molecular weight is 298 g/mol. The summed E-state index contributed by atoms with van der Waals surface area (Å²) in [5, 5.41) is 0. The number of rotatable bonds is 5. The van der Waals surface area contributed by atoms with Crippen LogP contribution in [0.2, 0.25) is 0 Å². The highest BCUT2D eigenvalue weighted by atomic mass is 32.2. The Balaban J connectivity index is 2.21. The van der Waals surface area contributed by atoms with E-state index in [1.807, 2.05) is 13.0 Å². The lowest BCUT2D eigenvalue weighted by atomic mass is 9.90. The Kier molecular flexibility index (Phi) is 4.49. The highest BCUT2D eigenvalue weighted by Gasteiger charge is 2.33. The summed E-state index contributed by atoms with van der Waals surface area (Å²) >= 11 is 0. The second-order valence-corrected chi connectivity index (χ2v) is 7.08. The number of nitrogens with two attached hydrogens (primary N) is 1. The van der Waals surface area contributed by atoms with Gasteiger partial charge in [0.15, 0.2) is 0 Å². The van der Waals surface area contributed by atoms with E-state index in [-0.39, 0.29) is 12.1 Å². The molecule has 6 heteroatoms. The highest BCUT2D eigenvalue weighted by Crippen LogP contribution is 2.26. The van der Waals surface area contributed by atoms with E-state index < -0.39 is 10.0 Å². The van der Waals surface area contributed by atoms with Crippen molar-refractivity contribution < 1.29 is 13.2 Å². The molecule has 1 aliphatic carbocycles. The third-order valence-corrected chi connectivity index (χ3v) is 5.56. The lowest BCUT2D eigenvalue weighted by Crippen LogP contribution is -2.47. The van der Waals surface area contributed by atoms with Gasteiger partial charge in [-0.3, -0.25) is 0 Å². The average Bonchev–Trinajstić information content (AvgIpc) is 2.33. The maximum Gasteiger partial charge on any atom is 0.241 e. The van der Waals surface area contributed by atoms with Gasteiger partial charge in [0.1, 0.15) is 0 Å². The van der Waals surface area contributed by atoms with Crippen LogP contribution in [-0.2, 0) is 21.3 Å². The maximum absolute atomic E-state index is 12.4. The Morgan fingerprint density at radius 2 is 1.95 bits per heavy atom. The number of nitrogens with one attached hydrogen (secondary N) is 1. The number of benzene rings is 1. The number of sulfonamides is 1. The highest BCUT2D eigenvalue weighted by molar-refractivity contribution is 7.89.